The van der Waals surface area contributed by atoms with Crippen molar-refractivity contribution < 1.29 is 4.74 Å². The van der Waals surface area contributed by atoms with Crippen molar-refractivity contribution in [3.05, 3.63) is 0 Å². The highest BCUT2D eigenvalue weighted by molar-refractivity contribution is 4.58. The molecule has 1 atom stereocenters. The smallest absolute Gasteiger partial charge is 0.122 e. The SMILES string of the molecule is NNC1CCO1. The maximum Gasteiger partial charge on any atom is 0.122 e. The molecule has 3 heteroatoms. The molecule has 0 aromatic rings. The standard InChI is InChI=1S/C3H8N2O/c4-5-3-1-2-6-3/h3,5H,1-2,4H2. The van der Waals surface area contributed by atoms with Crippen molar-refractivity contribution in [1.82, 2.24) is 5.43 Å². The van der Waals surface area contributed by atoms with Gasteiger partial charge in [-0.05, 0) is 0 Å². The van der Waals surface area contributed by atoms with Crippen molar-refractivity contribution in [3.8, 4) is 0 Å². The molecular weight excluding hydrogens is 80.0 g/mol. The molecule has 0 spiro atoms. The Balaban J connectivity index is 2.01. The van der Waals surface area contributed by atoms with Gasteiger partial charge in [0.1, 0.15) is 6.23 Å². The molecule has 1 aliphatic rings. The largest absolute Gasteiger partial charge is 0.362 e. The van der Waals surface area contributed by atoms with E-state index in [1.165, 1.54) is 0 Å². The molecule has 0 aromatic carbocycles. The van der Waals surface area contributed by atoms with Gasteiger partial charge in [0.2, 0.25) is 0 Å². The molecule has 3 nitrogen and oxygen atoms in total. The first-order chi connectivity index (χ1) is 2.93. The molecule has 0 saturated carbocycles. The quantitative estimate of drug-likeness (QED) is 0.326. The Bertz CT molecular complexity index is 41.3. The molecule has 6 heavy (non-hydrogen) atoms. The van der Waals surface area contributed by atoms with Gasteiger partial charge >= 0.3 is 0 Å². The highest BCUT2D eigenvalue weighted by atomic mass is 16.5. The molecule has 0 amide bonds. The van der Waals surface area contributed by atoms with E-state index in [9.17, 15) is 0 Å². The zero-order valence-electron chi connectivity index (χ0n) is 3.48. The third kappa shape index (κ3) is 0.518. The predicted molar refractivity (Wildman–Crippen MR) is 21.7 cm³/mol. The molecule has 1 rings (SSSR count). The topological polar surface area (TPSA) is 47.3 Å². The average Bonchev–Trinajstić information content (AvgIpc) is 1.31. The zero-order valence-corrected chi connectivity index (χ0v) is 3.48. The van der Waals surface area contributed by atoms with Gasteiger partial charge in [0.15, 0.2) is 0 Å². The van der Waals surface area contributed by atoms with Crippen molar-refractivity contribution >= 4 is 0 Å². The van der Waals surface area contributed by atoms with Gasteiger partial charge < -0.3 is 4.74 Å². The number of nitrogens with two attached hydrogens (primary N) is 1. The van der Waals surface area contributed by atoms with Crippen LogP contribution < -0.4 is 11.3 Å². The minimum atomic E-state index is 0.144. The second-order valence-electron chi connectivity index (χ2n) is 1.31. The van der Waals surface area contributed by atoms with Crippen molar-refractivity contribution in [2.75, 3.05) is 6.61 Å². The molecule has 1 fully saturated rings. The summed E-state index contributed by atoms with van der Waals surface area (Å²) in [6.45, 7) is 0.856. The van der Waals surface area contributed by atoms with Crippen LogP contribution in [0.3, 0.4) is 0 Å². The van der Waals surface area contributed by atoms with Gasteiger partial charge in [0, 0.05) is 6.42 Å². The summed E-state index contributed by atoms with van der Waals surface area (Å²) in [5, 5.41) is 0. The van der Waals surface area contributed by atoms with Crippen LogP contribution in [0.15, 0.2) is 0 Å². The van der Waals surface area contributed by atoms with Gasteiger partial charge in [-0.1, -0.05) is 0 Å². The second-order valence-corrected chi connectivity index (χ2v) is 1.31. The number of ether oxygens (including phenoxy) is 1. The lowest BCUT2D eigenvalue weighted by atomic mass is 10.3. The van der Waals surface area contributed by atoms with Crippen LogP contribution in [-0.2, 0) is 4.74 Å². The second kappa shape index (κ2) is 1.55. The van der Waals surface area contributed by atoms with Crippen LogP contribution in [0, 0.1) is 0 Å². The summed E-state index contributed by atoms with van der Waals surface area (Å²) in [7, 11) is 0. The van der Waals surface area contributed by atoms with Gasteiger partial charge in [-0.3, -0.25) is 5.84 Å². The zero-order chi connectivity index (χ0) is 4.41. The molecule has 1 saturated heterocycles. The Morgan fingerprint density at radius 2 is 2.50 bits per heavy atom. The highest BCUT2D eigenvalue weighted by Gasteiger charge is 2.14. The van der Waals surface area contributed by atoms with Crippen molar-refractivity contribution in [2.24, 2.45) is 5.84 Å². The van der Waals surface area contributed by atoms with Crippen LogP contribution in [0.4, 0.5) is 0 Å². The van der Waals surface area contributed by atoms with E-state index < -0.39 is 0 Å². The van der Waals surface area contributed by atoms with E-state index in [-0.39, 0.29) is 6.23 Å². The number of hydrogen-bond acceptors (Lipinski definition) is 3. The molecule has 3 N–H and O–H groups in total. The van der Waals surface area contributed by atoms with Gasteiger partial charge in [-0.25, -0.2) is 5.43 Å². The summed E-state index contributed by atoms with van der Waals surface area (Å²) in [6, 6.07) is 0. The van der Waals surface area contributed by atoms with E-state index in [0.717, 1.165) is 13.0 Å². The van der Waals surface area contributed by atoms with E-state index in [2.05, 4.69) is 5.43 Å². The maximum absolute atomic E-state index is 4.96. The first-order valence-corrected chi connectivity index (χ1v) is 2.01. The van der Waals surface area contributed by atoms with Gasteiger partial charge in [-0.2, -0.15) is 0 Å². The van der Waals surface area contributed by atoms with Crippen LogP contribution >= 0.6 is 0 Å². The first kappa shape index (κ1) is 4.05. The average molecular weight is 88.1 g/mol. The minimum Gasteiger partial charge on any atom is -0.362 e. The monoisotopic (exact) mass is 88.1 g/mol. The van der Waals surface area contributed by atoms with E-state index in [1.54, 1.807) is 0 Å². The van der Waals surface area contributed by atoms with Crippen LogP contribution in [-0.4, -0.2) is 12.8 Å². The van der Waals surface area contributed by atoms with Crippen LogP contribution in [0.25, 0.3) is 0 Å². The minimum absolute atomic E-state index is 0.144. The molecule has 36 valence electrons. The van der Waals surface area contributed by atoms with E-state index in [4.69, 9.17) is 10.6 Å². The van der Waals surface area contributed by atoms with Crippen molar-refractivity contribution in [3.63, 3.8) is 0 Å². The lowest BCUT2D eigenvalue weighted by Gasteiger charge is -2.24. The number of hydrazine groups is 1. The van der Waals surface area contributed by atoms with Crippen molar-refractivity contribution in [2.45, 2.75) is 12.6 Å². The van der Waals surface area contributed by atoms with Gasteiger partial charge in [0.05, 0.1) is 6.61 Å². The number of hydrogen-bond donors (Lipinski definition) is 2. The lowest BCUT2D eigenvalue weighted by molar-refractivity contribution is -0.0706. The summed E-state index contributed by atoms with van der Waals surface area (Å²) in [5.74, 6) is 4.96. The molecular formula is C3H8N2O. The Hall–Kier alpha value is -0.120. The summed E-state index contributed by atoms with van der Waals surface area (Å²) in [6.07, 6.45) is 1.20. The summed E-state index contributed by atoms with van der Waals surface area (Å²) in [5.41, 5.74) is 2.48. The first-order valence-electron chi connectivity index (χ1n) is 2.01. The molecule has 1 unspecified atom stereocenters. The molecule has 1 aliphatic heterocycles. The third-order valence-electron chi connectivity index (χ3n) is 0.885. The Morgan fingerprint density at radius 3 is 2.50 bits per heavy atom. The number of nitrogens with one attached hydrogen (secondary N) is 1. The molecule has 0 bridgehead atoms. The lowest BCUT2D eigenvalue weighted by Crippen LogP contribution is -2.44. The number of rotatable bonds is 1. The van der Waals surface area contributed by atoms with Crippen LogP contribution in [0.5, 0.6) is 0 Å². The van der Waals surface area contributed by atoms with Crippen LogP contribution in [0.1, 0.15) is 6.42 Å². The Labute approximate surface area is 36.4 Å². The van der Waals surface area contributed by atoms with Crippen molar-refractivity contribution in [1.29, 1.82) is 0 Å². The normalized spacial score (nSPS) is 32.5. The third-order valence-corrected chi connectivity index (χ3v) is 0.885. The predicted octanol–water partition coefficient (Wildman–Crippen LogP) is -0.804. The van der Waals surface area contributed by atoms with Gasteiger partial charge in [-0.15, -0.1) is 0 Å². The van der Waals surface area contributed by atoms with Crippen LogP contribution in [0.2, 0.25) is 0 Å². The Kier molecular flexibility index (Phi) is 1.05. The molecule has 0 radical (unpaired) electrons. The Morgan fingerprint density at radius 1 is 1.83 bits per heavy atom. The van der Waals surface area contributed by atoms with E-state index in [0.29, 0.717) is 0 Å². The molecule has 0 aromatic heterocycles. The highest BCUT2D eigenvalue weighted by Crippen LogP contribution is 2.04. The fraction of sp³-hybridized carbons (Fsp3) is 1.00. The molecule has 0 aliphatic carbocycles. The fourth-order valence-electron chi connectivity index (χ4n) is 0.367. The molecule has 1 heterocycles. The summed E-state index contributed by atoms with van der Waals surface area (Å²) in [4.78, 5) is 0. The van der Waals surface area contributed by atoms with Gasteiger partial charge in [0.25, 0.3) is 0 Å². The maximum atomic E-state index is 4.96. The summed E-state index contributed by atoms with van der Waals surface area (Å²) < 4.78 is 4.84. The van der Waals surface area contributed by atoms with E-state index in [1.807, 2.05) is 0 Å². The van der Waals surface area contributed by atoms with E-state index >= 15 is 0 Å². The summed E-state index contributed by atoms with van der Waals surface area (Å²) >= 11 is 0. The fourth-order valence-corrected chi connectivity index (χ4v) is 0.367.